The van der Waals surface area contributed by atoms with Gasteiger partial charge in [-0.15, -0.1) is 11.3 Å². The van der Waals surface area contributed by atoms with E-state index < -0.39 is 0 Å². The molecule has 1 aromatic heterocycles. The topological polar surface area (TPSA) is 46.5 Å². The lowest BCUT2D eigenvalue weighted by Crippen LogP contribution is -1.97. The summed E-state index contributed by atoms with van der Waals surface area (Å²) in [6, 6.07) is 5.62. The Morgan fingerprint density at radius 3 is 3.00 bits per heavy atom. The molecule has 0 aliphatic rings. The lowest BCUT2D eigenvalue weighted by Gasteiger charge is -2.07. The molecule has 0 spiro atoms. The largest absolute Gasteiger partial charge is 0.492 e. The van der Waals surface area contributed by atoms with Gasteiger partial charge in [0.15, 0.2) is 0 Å². The second-order valence-corrected chi connectivity index (χ2v) is 5.82. The summed E-state index contributed by atoms with van der Waals surface area (Å²) in [5.41, 5.74) is 4.78. The van der Waals surface area contributed by atoms with Crippen LogP contribution in [0, 0.1) is 6.92 Å². The van der Waals surface area contributed by atoms with E-state index in [1.54, 1.807) is 6.21 Å². The quantitative estimate of drug-likeness (QED) is 0.455. The predicted molar refractivity (Wildman–Crippen MR) is 89.9 cm³/mol. The summed E-state index contributed by atoms with van der Waals surface area (Å²) in [5, 5.41) is 7.48. The molecule has 21 heavy (non-hydrogen) atoms. The Bertz CT molecular complexity index is 613. The van der Waals surface area contributed by atoms with Gasteiger partial charge in [0.25, 0.3) is 0 Å². The van der Waals surface area contributed by atoms with Crippen LogP contribution in [0.4, 0.5) is 5.13 Å². The molecule has 0 amide bonds. The summed E-state index contributed by atoms with van der Waals surface area (Å²) in [5.74, 6) is 0.714. The van der Waals surface area contributed by atoms with Crippen LogP contribution in [0.15, 0.2) is 28.7 Å². The van der Waals surface area contributed by atoms with E-state index in [2.05, 4.69) is 22.4 Å². The van der Waals surface area contributed by atoms with Gasteiger partial charge in [-0.1, -0.05) is 24.9 Å². The number of halogens is 1. The van der Waals surface area contributed by atoms with Crippen LogP contribution in [-0.4, -0.2) is 17.8 Å². The van der Waals surface area contributed by atoms with Crippen LogP contribution < -0.4 is 10.2 Å². The number of nitrogens with one attached hydrogen (secondary N) is 1. The van der Waals surface area contributed by atoms with E-state index in [9.17, 15) is 0 Å². The molecule has 0 radical (unpaired) electrons. The third kappa shape index (κ3) is 5.02. The summed E-state index contributed by atoms with van der Waals surface area (Å²) < 4.78 is 5.61. The van der Waals surface area contributed by atoms with Crippen molar-refractivity contribution in [3.05, 3.63) is 39.9 Å². The van der Waals surface area contributed by atoms with Crippen LogP contribution in [0.1, 0.15) is 31.0 Å². The minimum absolute atomic E-state index is 0.597. The average molecular weight is 324 g/mol. The van der Waals surface area contributed by atoms with Crippen molar-refractivity contribution in [2.24, 2.45) is 5.10 Å². The molecule has 1 aromatic carbocycles. The first kappa shape index (κ1) is 15.8. The van der Waals surface area contributed by atoms with Gasteiger partial charge < -0.3 is 4.74 Å². The summed E-state index contributed by atoms with van der Waals surface area (Å²) in [4.78, 5) is 4.26. The van der Waals surface area contributed by atoms with Gasteiger partial charge >= 0.3 is 0 Å². The number of aryl methyl sites for hydroxylation is 1. The summed E-state index contributed by atoms with van der Waals surface area (Å²) in [6.45, 7) is 4.76. The fourth-order valence-electron chi connectivity index (χ4n) is 1.61. The summed E-state index contributed by atoms with van der Waals surface area (Å²) in [6.07, 6.45) is 3.83. The first-order valence-electron chi connectivity index (χ1n) is 6.82. The van der Waals surface area contributed by atoms with Gasteiger partial charge in [-0.3, -0.25) is 5.43 Å². The number of hydrogen-bond donors (Lipinski definition) is 1. The van der Waals surface area contributed by atoms with Crippen LogP contribution in [-0.2, 0) is 0 Å². The van der Waals surface area contributed by atoms with Gasteiger partial charge in [-0.25, -0.2) is 4.98 Å². The third-order valence-electron chi connectivity index (χ3n) is 2.70. The highest BCUT2D eigenvalue weighted by molar-refractivity contribution is 7.13. The lowest BCUT2D eigenvalue weighted by atomic mass is 10.2. The average Bonchev–Trinajstić information content (AvgIpc) is 2.87. The predicted octanol–water partition coefficient (Wildman–Crippen LogP) is 4.73. The third-order valence-corrected chi connectivity index (χ3v) is 3.86. The molecule has 112 valence electrons. The Labute approximate surface area is 133 Å². The molecule has 0 unspecified atom stereocenters. The zero-order valence-corrected chi connectivity index (χ0v) is 13.7. The highest BCUT2D eigenvalue weighted by Crippen LogP contribution is 2.25. The van der Waals surface area contributed by atoms with E-state index >= 15 is 0 Å². The number of hydrazone groups is 1. The van der Waals surface area contributed by atoms with Crippen LogP contribution in [0.25, 0.3) is 0 Å². The molecule has 1 heterocycles. The Hall–Kier alpha value is -1.59. The van der Waals surface area contributed by atoms with E-state index in [1.165, 1.54) is 11.3 Å². The molecule has 0 aliphatic carbocycles. The standard InChI is InChI=1S/C15H18ClN3OS/c1-3-4-7-20-14-6-5-12(8-13(14)16)9-17-19-15-18-11(2)10-21-15/h5-6,8-10H,3-4,7H2,1-2H3,(H,18,19). The second kappa shape index (κ2) is 8.00. The van der Waals surface area contributed by atoms with Gasteiger partial charge in [-0.05, 0) is 37.1 Å². The maximum Gasteiger partial charge on any atom is 0.203 e. The first-order chi connectivity index (χ1) is 10.2. The van der Waals surface area contributed by atoms with Gasteiger partial charge in [-0.2, -0.15) is 5.10 Å². The van der Waals surface area contributed by atoms with Crippen LogP contribution in [0.5, 0.6) is 5.75 Å². The van der Waals surface area contributed by atoms with Gasteiger partial charge in [0.05, 0.1) is 23.5 Å². The number of benzene rings is 1. The SMILES string of the molecule is CCCCOc1ccc(C=NNc2nc(C)cs2)cc1Cl. The highest BCUT2D eigenvalue weighted by Gasteiger charge is 2.02. The molecule has 0 aliphatic heterocycles. The summed E-state index contributed by atoms with van der Waals surface area (Å²) in [7, 11) is 0. The van der Waals surface area contributed by atoms with Crippen molar-refractivity contribution in [2.75, 3.05) is 12.0 Å². The Morgan fingerprint density at radius 1 is 1.48 bits per heavy atom. The minimum atomic E-state index is 0.597. The van der Waals surface area contributed by atoms with Crippen LogP contribution in [0.2, 0.25) is 5.02 Å². The monoisotopic (exact) mass is 323 g/mol. The Morgan fingerprint density at radius 2 is 2.33 bits per heavy atom. The zero-order valence-electron chi connectivity index (χ0n) is 12.1. The number of unbranched alkanes of at least 4 members (excludes halogenated alkanes) is 1. The zero-order chi connectivity index (χ0) is 15.1. The minimum Gasteiger partial charge on any atom is -0.492 e. The van der Waals surface area contributed by atoms with E-state index in [0.29, 0.717) is 17.4 Å². The van der Waals surface area contributed by atoms with Crippen molar-refractivity contribution in [3.8, 4) is 5.75 Å². The molecule has 2 rings (SSSR count). The van der Waals surface area contributed by atoms with Crippen molar-refractivity contribution in [3.63, 3.8) is 0 Å². The van der Waals surface area contributed by atoms with Crippen LogP contribution in [0.3, 0.4) is 0 Å². The van der Waals surface area contributed by atoms with Crippen molar-refractivity contribution in [1.29, 1.82) is 0 Å². The second-order valence-electron chi connectivity index (χ2n) is 4.56. The van der Waals surface area contributed by atoms with E-state index in [-0.39, 0.29) is 0 Å². The number of rotatable bonds is 7. The van der Waals surface area contributed by atoms with Crippen molar-refractivity contribution in [1.82, 2.24) is 4.98 Å². The lowest BCUT2D eigenvalue weighted by molar-refractivity contribution is 0.309. The van der Waals surface area contributed by atoms with E-state index in [4.69, 9.17) is 16.3 Å². The Balaban J connectivity index is 1.93. The number of thiazole rings is 1. The van der Waals surface area contributed by atoms with Gasteiger partial charge in [0.2, 0.25) is 5.13 Å². The number of nitrogens with zero attached hydrogens (tertiary/aromatic N) is 2. The molecule has 0 saturated carbocycles. The first-order valence-corrected chi connectivity index (χ1v) is 8.08. The molecule has 4 nitrogen and oxygen atoms in total. The van der Waals surface area contributed by atoms with Gasteiger partial charge in [0, 0.05) is 5.38 Å². The molecular weight excluding hydrogens is 306 g/mol. The van der Waals surface area contributed by atoms with Crippen molar-refractivity contribution >= 4 is 34.3 Å². The van der Waals surface area contributed by atoms with Crippen molar-refractivity contribution in [2.45, 2.75) is 26.7 Å². The Kier molecular flexibility index (Phi) is 6.02. The smallest absolute Gasteiger partial charge is 0.203 e. The molecular formula is C15H18ClN3OS. The van der Waals surface area contributed by atoms with E-state index in [0.717, 1.165) is 29.2 Å². The maximum absolute atomic E-state index is 6.19. The molecule has 0 fully saturated rings. The normalized spacial score (nSPS) is 11.0. The molecule has 1 N–H and O–H groups in total. The van der Waals surface area contributed by atoms with Crippen LogP contribution >= 0.6 is 22.9 Å². The van der Waals surface area contributed by atoms with E-state index in [1.807, 2.05) is 30.5 Å². The molecule has 0 bridgehead atoms. The highest BCUT2D eigenvalue weighted by atomic mass is 35.5. The molecule has 2 aromatic rings. The number of anilines is 1. The fourth-order valence-corrected chi connectivity index (χ4v) is 2.49. The molecule has 0 atom stereocenters. The number of aromatic nitrogens is 1. The molecule has 6 heteroatoms. The fraction of sp³-hybridized carbons (Fsp3) is 0.333. The maximum atomic E-state index is 6.19. The molecule has 0 saturated heterocycles. The van der Waals surface area contributed by atoms with Crippen molar-refractivity contribution < 1.29 is 4.74 Å². The van der Waals surface area contributed by atoms with Gasteiger partial charge in [0.1, 0.15) is 5.75 Å². The number of hydrogen-bond acceptors (Lipinski definition) is 5. The number of ether oxygens (including phenoxy) is 1. The summed E-state index contributed by atoms with van der Waals surface area (Å²) >= 11 is 7.71.